The number of rotatable bonds is 3. The van der Waals surface area contributed by atoms with Gasteiger partial charge in [-0.1, -0.05) is 25.7 Å². The first-order valence-electron chi connectivity index (χ1n) is 6.36. The molecule has 94 valence electrons. The summed E-state index contributed by atoms with van der Waals surface area (Å²) < 4.78 is 27.0. The van der Waals surface area contributed by atoms with Gasteiger partial charge in [-0.05, 0) is 25.7 Å². The Kier molecular flexibility index (Phi) is 3.87. The van der Waals surface area contributed by atoms with E-state index >= 15 is 0 Å². The molecule has 0 heterocycles. The van der Waals surface area contributed by atoms with Gasteiger partial charge in [-0.25, -0.2) is 13.1 Å². The lowest BCUT2D eigenvalue weighted by Gasteiger charge is -2.30. The van der Waals surface area contributed by atoms with Gasteiger partial charge >= 0.3 is 0 Å². The van der Waals surface area contributed by atoms with Gasteiger partial charge < -0.3 is 5.73 Å². The smallest absolute Gasteiger partial charge is 0.214 e. The van der Waals surface area contributed by atoms with Crippen molar-refractivity contribution in [3.8, 4) is 0 Å². The van der Waals surface area contributed by atoms with Gasteiger partial charge in [-0.15, -0.1) is 0 Å². The molecule has 2 atom stereocenters. The van der Waals surface area contributed by atoms with Gasteiger partial charge in [-0.3, -0.25) is 0 Å². The van der Waals surface area contributed by atoms with E-state index < -0.39 is 10.0 Å². The molecule has 0 aromatic rings. The molecule has 0 aromatic carbocycles. The van der Waals surface area contributed by atoms with Crippen molar-refractivity contribution in [2.45, 2.75) is 68.7 Å². The van der Waals surface area contributed by atoms with Gasteiger partial charge in [0.2, 0.25) is 10.0 Å². The highest BCUT2D eigenvalue weighted by atomic mass is 32.2. The summed E-state index contributed by atoms with van der Waals surface area (Å²) in [6.45, 7) is 0. The average Bonchev–Trinajstić information content (AvgIpc) is 2.75. The molecular formula is C11H22N2O2S. The molecule has 2 aliphatic carbocycles. The van der Waals surface area contributed by atoms with Crippen molar-refractivity contribution in [1.82, 2.24) is 4.72 Å². The van der Waals surface area contributed by atoms with E-state index in [0.29, 0.717) is 0 Å². The second kappa shape index (κ2) is 5.02. The van der Waals surface area contributed by atoms with Crippen LogP contribution in [0.1, 0.15) is 51.4 Å². The molecule has 3 N–H and O–H groups in total. The van der Waals surface area contributed by atoms with Crippen LogP contribution in [0.5, 0.6) is 0 Å². The molecule has 0 aliphatic heterocycles. The predicted octanol–water partition coefficient (Wildman–Crippen LogP) is 1.12. The summed E-state index contributed by atoms with van der Waals surface area (Å²) in [5.41, 5.74) is 5.96. The lowest BCUT2D eigenvalue weighted by Crippen LogP contribution is -2.51. The molecule has 0 aromatic heterocycles. The third-order valence-corrected chi connectivity index (χ3v) is 5.86. The number of nitrogens with two attached hydrogens (primary N) is 1. The molecule has 2 fully saturated rings. The van der Waals surface area contributed by atoms with Gasteiger partial charge in [0.15, 0.2) is 0 Å². The maximum atomic E-state index is 12.1. The van der Waals surface area contributed by atoms with Crippen molar-refractivity contribution < 1.29 is 8.42 Å². The van der Waals surface area contributed by atoms with Gasteiger partial charge in [0.1, 0.15) is 0 Å². The summed E-state index contributed by atoms with van der Waals surface area (Å²) in [6, 6.07) is -0.0238. The molecule has 0 saturated heterocycles. The summed E-state index contributed by atoms with van der Waals surface area (Å²) in [4.78, 5) is 0. The summed E-state index contributed by atoms with van der Waals surface area (Å²) in [5, 5.41) is -0.165. The number of nitrogens with one attached hydrogen (secondary N) is 1. The number of hydrogen-bond acceptors (Lipinski definition) is 3. The Morgan fingerprint density at radius 2 is 1.50 bits per heavy atom. The molecular weight excluding hydrogens is 224 g/mol. The monoisotopic (exact) mass is 246 g/mol. The molecule has 0 amide bonds. The fourth-order valence-electron chi connectivity index (χ4n) is 2.81. The Hall–Kier alpha value is -0.130. The molecule has 0 spiro atoms. The standard InChI is InChI=1S/C11H22N2O2S/c12-10-7-3-4-8-11(10)13-16(14,15)9-5-1-2-6-9/h9-11,13H,1-8,12H2/t10-,11-/m1/s1. The van der Waals surface area contributed by atoms with Crippen LogP contribution in [-0.2, 0) is 10.0 Å². The zero-order valence-electron chi connectivity index (χ0n) is 9.69. The fraction of sp³-hybridized carbons (Fsp3) is 1.00. The van der Waals surface area contributed by atoms with Crippen molar-refractivity contribution >= 4 is 10.0 Å². The highest BCUT2D eigenvalue weighted by molar-refractivity contribution is 7.90. The Bertz CT molecular complexity index is 323. The molecule has 4 nitrogen and oxygen atoms in total. The van der Waals surface area contributed by atoms with Crippen molar-refractivity contribution in [2.24, 2.45) is 5.73 Å². The normalized spacial score (nSPS) is 33.1. The second-order valence-corrected chi connectivity index (χ2v) is 7.12. The van der Waals surface area contributed by atoms with Gasteiger partial charge in [0.25, 0.3) is 0 Å². The first-order chi connectivity index (χ1) is 7.59. The average molecular weight is 246 g/mol. The molecule has 2 aliphatic rings. The third-order valence-electron chi connectivity index (χ3n) is 3.88. The Morgan fingerprint density at radius 1 is 0.938 bits per heavy atom. The zero-order chi connectivity index (χ0) is 11.6. The quantitative estimate of drug-likeness (QED) is 0.784. The largest absolute Gasteiger partial charge is 0.326 e. The van der Waals surface area contributed by atoms with E-state index in [2.05, 4.69) is 4.72 Å². The van der Waals surface area contributed by atoms with Gasteiger partial charge in [-0.2, -0.15) is 0 Å². The van der Waals surface area contributed by atoms with Crippen molar-refractivity contribution in [3.05, 3.63) is 0 Å². The zero-order valence-corrected chi connectivity index (χ0v) is 10.5. The first kappa shape index (κ1) is 12.3. The van der Waals surface area contributed by atoms with Crippen LogP contribution in [0.4, 0.5) is 0 Å². The van der Waals surface area contributed by atoms with Crippen molar-refractivity contribution in [3.63, 3.8) is 0 Å². The van der Waals surface area contributed by atoms with Gasteiger partial charge in [0.05, 0.1) is 5.25 Å². The summed E-state index contributed by atoms with van der Waals surface area (Å²) in [7, 11) is -3.12. The topological polar surface area (TPSA) is 72.2 Å². The lowest BCUT2D eigenvalue weighted by molar-refractivity contribution is 0.360. The molecule has 0 unspecified atom stereocenters. The van der Waals surface area contributed by atoms with Crippen LogP contribution in [0.25, 0.3) is 0 Å². The Morgan fingerprint density at radius 3 is 2.12 bits per heavy atom. The number of sulfonamides is 1. The molecule has 0 bridgehead atoms. The van der Waals surface area contributed by atoms with Crippen LogP contribution >= 0.6 is 0 Å². The van der Waals surface area contributed by atoms with Crippen molar-refractivity contribution in [2.75, 3.05) is 0 Å². The van der Waals surface area contributed by atoms with Crippen LogP contribution in [0, 0.1) is 0 Å². The van der Waals surface area contributed by atoms with Crippen LogP contribution < -0.4 is 10.5 Å². The SMILES string of the molecule is N[C@@H]1CCCC[C@H]1NS(=O)(=O)C1CCCC1. The predicted molar refractivity (Wildman–Crippen MR) is 64.5 cm³/mol. The minimum atomic E-state index is -3.12. The van der Waals surface area contributed by atoms with E-state index in [1.54, 1.807) is 0 Å². The maximum absolute atomic E-state index is 12.1. The molecule has 0 radical (unpaired) electrons. The Balaban J connectivity index is 1.96. The molecule has 2 rings (SSSR count). The van der Waals surface area contributed by atoms with Crippen LogP contribution in [-0.4, -0.2) is 25.8 Å². The van der Waals surface area contributed by atoms with E-state index in [4.69, 9.17) is 5.73 Å². The van der Waals surface area contributed by atoms with E-state index in [1.165, 1.54) is 0 Å². The molecule has 2 saturated carbocycles. The summed E-state index contributed by atoms with van der Waals surface area (Å²) in [6.07, 6.45) is 7.78. The van der Waals surface area contributed by atoms with Crippen molar-refractivity contribution in [1.29, 1.82) is 0 Å². The highest BCUT2D eigenvalue weighted by Crippen LogP contribution is 2.25. The van der Waals surface area contributed by atoms with E-state index in [-0.39, 0.29) is 17.3 Å². The van der Waals surface area contributed by atoms with Gasteiger partial charge in [0, 0.05) is 12.1 Å². The minimum absolute atomic E-state index is 0.00456. The van der Waals surface area contributed by atoms with Crippen LogP contribution in [0.3, 0.4) is 0 Å². The highest BCUT2D eigenvalue weighted by Gasteiger charge is 2.33. The van der Waals surface area contributed by atoms with E-state index in [9.17, 15) is 8.42 Å². The second-order valence-electron chi connectivity index (χ2n) is 5.12. The third kappa shape index (κ3) is 2.76. The Labute approximate surface area is 98.0 Å². The number of hydrogen-bond donors (Lipinski definition) is 2. The maximum Gasteiger partial charge on any atom is 0.214 e. The first-order valence-corrected chi connectivity index (χ1v) is 7.91. The minimum Gasteiger partial charge on any atom is -0.326 e. The van der Waals surface area contributed by atoms with E-state index in [0.717, 1.165) is 51.4 Å². The molecule has 5 heteroatoms. The molecule has 16 heavy (non-hydrogen) atoms. The van der Waals surface area contributed by atoms with E-state index in [1.807, 2.05) is 0 Å². The fourth-order valence-corrected chi connectivity index (χ4v) is 4.67. The lowest BCUT2D eigenvalue weighted by atomic mass is 9.92. The summed E-state index contributed by atoms with van der Waals surface area (Å²) >= 11 is 0. The van der Waals surface area contributed by atoms with Crippen LogP contribution in [0.2, 0.25) is 0 Å². The summed E-state index contributed by atoms with van der Waals surface area (Å²) in [5.74, 6) is 0. The van der Waals surface area contributed by atoms with Crippen LogP contribution in [0.15, 0.2) is 0 Å².